The number of amides is 3. The minimum Gasteiger partial charge on any atom is -0.461 e. The zero-order valence-corrected chi connectivity index (χ0v) is 26.7. The van der Waals surface area contributed by atoms with Crippen molar-refractivity contribution in [2.45, 2.75) is 76.4 Å². The molecule has 1 fully saturated rings. The molecule has 0 aliphatic carbocycles. The van der Waals surface area contributed by atoms with Gasteiger partial charge in [-0.2, -0.15) is 4.98 Å². The summed E-state index contributed by atoms with van der Waals surface area (Å²) in [6.45, 7) is 4.67. The Morgan fingerprint density at radius 3 is 2.29 bits per heavy atom. The average molecular weight is 666 g/mol. The third-order valence-electron chi connectivity index (χ3n) is 7.08. The maximum Gasteiger partial charge on any atom is 0.408 e. The zero-order chi connectivity index (χ0) is 34.8. The topological polar surface area (TPSA) is 207 Å². The lowest BCUT2D eigenvalue weighted by molar-refractivity contribution is -0.145. The number of nitrogens with zero attached hydrogens (tertiary/aromatic N) is 2. The van der Waals surface area contributed by atoms with Crippen molar-refractivity contribution >= 4 is 29.7 Å². The van der Waals surface area contributed by atoms with E-state index in [-0.39, 0.29) is 31.8 Å². The molecule has 3 amide bonds. The Bertz CT molecular complexity index is 1630. The number of aliphatic hydroxyl groups is 2. The lowest BCUT2D eigenvalue weighted by atomic mass is 10.1. The van der Waals surface area contributed by atoms with E-state index >= 15 is 0 Å². The molecule has 2 aromatic carbocycles. The molecule has 0 spiro atoms. The number of aliphatic hydroxyl groups excluding tert-OH is 2. The Balaban J connectivity index is 1.35. The number of carbonyl (C=O) groups is 4. The highest BCUT2D eigenvalue weighted by atomic mass is 16.6. The molecule has 1 saturated heterocycles. The van der Waals surface area contributed by atoms with Gasteiger partial charge in [0.05, 0.1) is 0 Å². The van der Waals surface area contributed by atoms with Gasteiger partial charge in [0.15, 0.2) is 6.23 Å². The number of aromatic nitrogens is 2. The summed E-state index contributed by atoms with van der Waals surface area (Å²) in [6, 6.07) is 17.4. The first-order chi connectivity index (χ1) is 22.8. The minimum absolute atomic E-state index is 0.0329. The van der Waals surface area contributed by atoms with E-state index in [9.17, 15) is 34.2 Å². The Morgan fingerprint density at radius 2 is 1.65 bits per heavy atom. The molecule has 0 radical (unpaired) electrons. The Hall–Kier alpha value is -5.12. The van der Waals surface area contributed by atoms with Crippen LogP contribution in [0.3, 0.4) is 0 Å². The number of esters is 1. The van der Waals surface area contributed by atoms with Crippen LogP contribution in [0.5, 0.6) is 0 Å². The van der Waals surface area contributed by atoms with E-state index in [4.69, 9.17) is 14.2 Å². The molecule has 1 aliphatic heterocycles. The number of anilines is 1. The monoisotopic (exact) mass is 665 g/mol. The fourth-order valence-corrected chi connectivity index (χ4v) is 4.70. The maximum atomic E-state index is 13.2. The molecule has 4 rings (SSSR count). The van der Waals surface area contributed by atoms with Gasteiger partial charge in [0.1, 0.15) is 42.4 Å². The molecule has 48 heavy (non-hydrogen) atoms. The van der Waals surface area contributed by atoms with Gasteiger partial charge in [-0.1, -0.05) is 48.5 Å². The summed E-state index contributed by atoms with van der Waals surface area (Å²) in [6.07, 6.45) is -5.62. The summed E-state index contributed by atoms with van der Waals surface area (Å²) in [5.41, 5.74) is -0.586. The predicted molar refractivity (Wildman–Crippen MR) is 170 cm³/mol. The third-order valence-corrected chi connectivity index (χ3v) is 7.08. The summed E-state index contributed by atoms with van der Waals surface area (Å²) in [7, 11) is 0. The quantitative estimate of drug-likeness (QED) is 0.176. The highest BCUT2D eigenvalue weighted by molar-refractivity contribution is 6.03. The molecule has 256 valence electrons. The van der Waals surface area contributed by atoms with Crippen LogP contribution < -0.4 is 21.6 Å². The molecular formula is C33H39N5O10. The lowest BCUT2D eigenvalue weighted by Crippen LogP contribution is -2.50. The lowest BCUT2D eigenvalue weighted by Gasteiger charge is -2.24. The zero-order valence-electron chi connectivity index (χ0n) is 26.7. The van der Waals surface area contributed by atoms with Gasteiger partial charge < -0.3 is 40.4 Å². The van der Waals surface area contributed by atoms with Crippen LogP contribution in [0, 0.1) is 0 Å². The van der Waals surface area contributed by atoms with Crippen LogP contribution >= 0.6 is 0 Å². The largest absolute Gasteiger partial charge is 0.461 e. The minimum atomic E-state index is -1.58. The van der Waals surface area contributed by atoms with Crippen molar-refractivity contribution < 1.29 is 43.6 Å². The van der Waals surface area contributed by atoms with E-state index < -0.39 is 65.7 Å². The van der Waals surface area contributed by atoms with E-state index in [0.717, 1.165) is 10.1 Å². The Morgan fingerprint density at radius 1 is 0.979 bits per heavy atom. The van der Waals surface area contributed by atoms with E-state index in [1.54, 1.807) is 75.4 Å². The SMILES string of the molecule is CC(C)(C)OC(=O)N[C@@H](CCC(=O)OCc1ccccc1)C(=O)NC[C@H]1O[C@@H](n2ccc(NC(=O)c3ccccc3)nc2=O)[C@H](O)[C@@H]1O. The summed E-state index contributed by atoms with van der Waals surface area (Å²) in [5.74, 6) is -1.82. The summed E-state index contributed by atoms with van der Waals surface area (Å²) in [4.78, 5) is 67.1. The number of hydrogen-bond acceptors (Lipinski definition) is 11. The molecule has 15 nitrogen and oxygen atoms in total. The highest BCUT2D eigenvalue weighted by Gasteiger charge is 2.44. The van der Waals surface area contributed by atoms with Crippen LogP contribution in [0.4, 0.5) is 10.6 Å². The first-order valence-corrected chi connectivity index (χ1v) is 15.2. The summed E-state index contributed by atoms with van der Waals surface area (Å²) >= 11 is 0. The second kappa shape index (κ2) is 16.1. The molecule has 0 bridgehead atoms. The number of ether oxygens (including phenoxy) is 3. The summed E-state index contributed by atoms with van der Waals surface area (Å²) < 4.78 is 17.2. The van der Waals surface area contributed by atoms with Crippen LogP contribution in [0.15, 0.2) is 77.7 Å². The van der Waals surface area contributed by atoms with Crippen LogP contribution in [-0.2, 0) is 30.4 Å². The van der Waals surface area contributed by atoms with Gasteiger partial charge in [0.2, 0.25) is 5.91 Å². The van der Waals surface area contributed by atoms with Crippen LogP contribution in [0.1, 0.15) is 55.8 Å². The number of carbonyl (C=O) groups excluding carboxylic acids is 4. The molecule has 1 aliphatic rings. The molecule has 5 N–H and O–H groups in total. The van der Waals surface area contributed by atoms with Gasteiger partial charge in [0, 0.05) is 24.7 Å². The smallest absolute Gasteiger partial charge is 0.408 e. The Kier molecular flexibility index (Phi) is 12.0. The van der Waals surface area contributed by atoms with Crippen molar-refractivity contribution in [1.29, 1.82) is 0 Å². The standard InChI is InChI=1S/C33H39N5O10/c1-33(2,3)48-32(45)35-22(14-15-25(39)46-19-20-10-6-4-7-11-20)29(43)34-18-23-26(40)27(41)30(47-23)38-17-16-24(37-31(38)44)36-28(42)21-12-8-5-9-13-21/h4-13,16-17,22-23,26-27,30,40-41H,14-15,18-19H2,1-3H3,(H,34,43)(H,35,45)(H,36,37,42,44)/t22-,23+,26+,27+,30+/m0/s1. The van der Waals surface area contributed by atoms with E-state index in [2.05, 4.69) is 20.9 Å². The van der Waals surface area contributed by atoms with Crippen molar-refractivity contribution in [3.05, 3.63) is 94.5 Å². The van der Waals surface area contributed by atoms with Gasteiger partial charge in [-0.3, -0.25) is 19.0 Å². The molecule has 0 saturated carbocycles. The fourth-order valence-electron chi connectivity index (χ4n) is 4.70. The van der Waals surface area contributed by atoms with Crippen molar-refractivity contribution in [3.8, 4) is 0 Å². The van der Waals surface area contributed by atoms with Crippen LogP contribution in [-0.4, -0.2) is 80.1 Å². The second-order valence-corrected chi connectivity index (χ2v) is 12.0. The number of rotatable bonds is 12. The van der Waals surface area contributed by atoms with Crippen LogP contribution in [0.2, 0.25) is 0 Å². The molecule has 0 unspecified atom stereocenters. The molecule has 3 aromatic rings. The first-order valence-electron chi connectivity index (χ1n) is 15.2. The van der Waals surface area contributed by atoms with Crippen LogP contribution in [0.25, 0.3) is 0 Å². The van der Waals surface area contributed by atoms with Gasteiger partial charge >= 0.3 is 17.8 Å². The van der Waals surface area contributed by atoms with E-state index in [1.807, 2.05) is 6.07 Å². The molecule has 1 aromatic heterocycles. The average Bonchev–Trinajstić information content (AvgIpc) is 3.33. The molecule has 15 heteroatoms. The van der Waals surface area contributed by atoms with Gasteiger partial charge in [-0.05, 0) is 51.0 Å². The second-order valence-electron chi connectivity index (χ2n) is 12.0. The van der Waals surface area contributed by atoms with Gasteiger partial charge in [0.25, 0.3) is 5.91 Å². The first kappa shape index (κ1) is 35.7. The van der Waals surface area contributed by atoms with Crippen molar-refractivity contribution in [2.24, 2.45) is 0 Å². The molecule has 2 heterocycles. The van der Waals surface area contributed by atoms with Gasteiger partial charge in [-0.25, -0.2) is 9.59 Å². The van der Waals surface area contributed by atoms with Crippen molar-refractivity contribution in [3.63, 3.8) is 0 Å². The van der Waals surface area contributed by atoms with E-state index in [1.165, 1.54) is 12.3 Å². The molecule has 5 atom stereocenters. The highest BCUT2D eigenvalue weighted by Crippen LogP contribution is 2.28. The van der Waals surface area contributed by atoms with Crippen molar-refractivity contribution in [1.82, 2.24) is 20.2 Å². The predicted octanol–water partition coefficient (Wildman–Crippen LogP) is 1.65. The molecular weight excluding hydrogens is 626 g/mol. The maximum absolute atomic E-state index is 13.2. The number of nitrogens with one attached hydrogen (secondary N) is 3. The number of alkyl carbamates (subject to hydrolysis) is 1. The van der Waals surface area contributed by atoms with Crippen molar-refractivity contribution in [2.75, 3.05) is 11.9 Å². The Labute approximate surface area is 276 Å². The number of hydrogen-bond donors (Lipinski definition) is 5. The van der Waals surface area contributed by atoms with Gasteiger partial charge in [-0.15, -0.1) is 0 Å². The fraction of sp³-hybridized carbons (Fsp3) is 0.394. The third kappa shape index (κ3) is 10.2. The summed E-state index contributed by atoms with van der Waals surface area (Å²) in [5, 5.41) is 28.9. The van der Waals surface area contributed by atoms with E-state index in [0.29, 0.717) is 5.56 Å². The number of benzene rings is 2. The normalized spacial score (nSPS) is 19.5.